The van der Waals surface area contributed by atoms with Gasteiger partial charge < -0.3 is 15.0 Å². The summed E-state index contributed by atoms with van der Waals surface area (Å²) in [5.74, 6) is -0.152. The van der Waals surface area contributed by atoms with Crippen LogP contribution in [-0.2, 0) is 21.0 Å². The van der Waals surface area contributed by atoms with E-state index in [1.807, 2.05) is 32.0 Å². The first kappa shape index (κ1) is 28.8. The van der Waals surface area contributed by atoms with E-state index >= 15 is 0 Å². The second-order valence-electron chi connectivity index (χ2n) is 9.09. The molecular formula is C29H28F3N3O4S. The van der Waals surface area contributed by atoms with Crippen LogP contribution in [0, 0.1) is 0 Å². The third-order valence-corrected chi connectivity index (χ3v) is 7.94. The summed E-state index contributed by atoms with van der Waals surface area (Å²) in [5, 5.41) is 3.62. The summed E-state index contributed by atoms with van der Waals surface area (Å²) < 4.78 is 75.0. The Bertz CT molecular complexity index is 1620. The van der Waals surface area contributed by atoms with Crippen molar-refractivity contribution in [3.05, 3.63) is 90.5 Å². The molecule has 0 fully saturated rings. The van der Waals surface area contributed by atoms with Crippen LogP contribution in [0.1, 0.15) is 12.5 Å². The summed E-state index contributed by atoms with van der Waals surface area (Å²) in [6, 6.07) is 20.2. The first-order chi connectivity index (χ1) is 18.9. The van der Waals surface area contributed by atoms with Gasteiger partial charge in [0.2, 0.25) is 5.91 Å². The van der Waals surface area contributed by atoms with Crippen molar-refractivity contribution >= 4 is 43.8 Å². The molecule has 210 valence electrons. The van der Waals surface area contributed by atoms with E-state index in [0.717, 1.165) is 23.9 Å². The minimum absolute atomic E-state index is 0.139. The second-order valence-corrected chi connectivity index (χ2v) is 10.9. The number of carbonyl (C=O) groups excluding carboxylic acids is 1. The Morgan fingerprint density at radius 2 is 1.55 bits per heavy atom. The van der Waals surface area contributed by atoms with Crippen molar-refractivity contribution in [2.75, 3.05) is 41.8 Å². The van der Waals surface area contributed by atoms with E-state index in [1.165, 1.54) is 12.1 Å². The molecule has 4 aromatic rings. The molecule has 0 saturated heterocycles. The number of nitrogens with zero attached hydrogens (tertiary/aromatic N) is 2. The number of nitrogens with one attached hydrogen (secondary N) is 1. The van der Waals surface area contributed by atoms with Gasteiger partial charge in [0.1, 0.15) is 12.3 Å². The molecule has 4 rings (SSSR count). The molecule has 0 saturated carbocycles. The van der Waals surface area contributed by atoms with Gasteiger partial charge in [-0.3, -0.25) is 9.10 Å². The molecule has 0 atom stereocenters. The van der Waals surface area contributed by atoms with Crippen LogP contribution in [0.5, 0.6) is 5.75 Å². The molecule has 0 heterocycles. The number of ether oxygens (including phenoxy) is 1. The minimum atomic E-state index is -4.71. The molecule has 40 heavy (non-hydrogen) atoms. The van der Waals surface area contributed by atoms with Crippen LogP contribution in [0.25, 0.3) is 10.8 Å². The van der Waals surface area contributed by atoms with Gasteiger partial charge in [-0.2, -0.15) is 13.2 Å². The van der Waals surface area contributed by atoms with Crippen LogP contribution in [-0.4, -0.2) is 41.6 Å². The minimum Gasteiger partial charge on any atom is -0.494 e. The van der Waals surface area contributed by atoms with E-state index in [9.17, 15) is 26.4 Å². The fraction of sp³-hybridized carbons (Fsp3) is 0.207. The Balaban J connectivity index is 1.79. The average molecular weight is 572 g/mol. The molecule has 11 heteroatoms. The molecule has 0 aliphatic carbocycles. The Morgan fingerprint density at radius 1 is 0.900 bits per heavy atom. The number of fused-ring (bicyclic) bond motifs is 1. The summed E-state index contributed by atoms with van der Waals surface area (Å²) in [6.07, 6.45) is -4.71. The second kappa shape index (κ2) is 11.5. The molecule has 0 aromatic heterocycles. The van der Waals surface area contributed by atoms with Gasteiger partial charge >= 0.3 is 6.18 Å². The predicted octanol–water partition coefficient (Wildman–Crippen LogP) is 6.16. The van der Waals surface area contributed by atoms with Crippen LogP contribution < -0.4 is 19.3 Å². The predicted molar refractivity (Wildman–Crippen MR) is 150 cm³/mol. The van der Waals surface area contributed by atoms with Crippen molar-refractivity contribution in [3.63, 3.8) is 0 Å². The number of hydrogen-bond donors (Lipinski definition) is 1. The number of alkyl halides is 3. The number of rotatable bonds is 9. The largest absolute Gasteiger partial charge is 0.494 e. The zero-order chi connectivity index (χ0) is 29.1. The average Bonchev–Trinajstić information content (AvgIpc) is 2.91. The third-order valence-electron chi connectivity index (χ3n) is 6.11. The van der Waals surface area contributed by atoms with Crippen molar-refractivity contribution in [3.8, 4) is 5.75 Å². The normalized spacial score (nSPS) is 11.8. The molecule has 4 aromatic carbocycles. The van der Waals surface area contributed by atoms with Crippen LogP contribution in [0.3, 0.4) is 0 Å². The molecule has 0 aliphatic rings. The summed E-state index contributed by atoms with van der Waals surface area (Å²) >= 11 is 0. The van der Waals surface area contributed by atoms with Gasteiger partial charge in [-0.1, -0.05) is 30.3 Å². The highest BCUT2D eigenvalue weighted by Crippen LogP contribution is 2.36. The fourth-order valence-corrected chi connectivity index (χ4v) is 5.90. The summed E-state index contributed by atoms with van der Waals surface area (Å²) in [7, 11) is -0.889. The van der Waals surface area contributed by atoms with Crippen LogP contribution in [0.4, 0.5) is 30.2 Å². The molecule has 0 aliphatic heterocycles. The third kappa shape index (κ3) is 6.15. The zero-order valence-electron chi connectivity index (χ0n) is 22.1. The summed E-state index contributed by atoms with van der Waals surface area (Å²) in [5.41, 5.74) is -0.202. The molecule has 7 nitrogen and oxygen atoms in total. The van der Waals surface area contributed by atoms with E-state index in [2.05, 4.69) is 5.32 Å². The molecule has 1 amide bonds. The highest BCUT2D eigenvalue weighted by molar-refractivity contribution is 7.93. The van der Waals surface area contributed by atoms with Gasteiger partial charge in [0.05, 0.1) is 22.8 Å². The lowest BCUT2D eigenvalue weighted by atomic mass is 10.1. The number of carbonyl (C=O) groups is 1. The molecule has 0 spiro atoms. The number of sulfonamides is 1. The SMILES string of the molecule is CCOc1ccc(NC(=O)CN(c2cccc(C(F)(F)F)c2)S(=O)(=O)c2cccc3c(N(C)C)cccc23)cc1. The Morgan fingerprint density at radius 3 is 2.20 bits per heavy atom. The van der Waals surface area contributed by atoms with Gasteiger partial charge in [0.15, 0.2) is 0 Å². The van der Waals surface area contributed by atoms with E-state index < -0.39 is 34.2 Å². The van der Waals surface area contributed by atoms with Gasteiger partial charge in [-0.15, -0.1) is 0 Å². The smallest absolute Gasteiger partial charge is 0.416 e. The van der Waals surface area contributed by atoms with E-state index in [0.29, 0.717) is 33.1 Å². The maximum absolute atomic E-state index is 14.1. The zero-order valence-corrected chi connectivity index (χ0v) is 22.9. The highest BCUT2D eigenvalue weighted by Gasteiger charge is 2.34. The lowest BCUT2D eigenvalue weighted by molar-refractivity contribution is -0.137. The lowest BCUT2D eigenvalue weighted by Gasteiger charge is -2.26. The first-order valence-electron chi connectivity index (χ1n) is 12.3. The van der Waals surface area contributed by atoms with Crippen molar-refractivity contribution < 1.29 is 31.1 Å². The van der Waals surface area contributed by atoms with Crippen LogP contribution in [0.15, 0.2) is 89.8 Å². The number of halogens is 3. The Labute approximate surface area is 230 Å². The first-order valence-corrected chi connectivity index (χ1v) is 13.8. The highest BCUT2D eigenvalue weighted by atomic mass is 32.2. The van der Waals surface area contributed by atoms with E-state index in [1.54, 1.807) is 48.5 Å². The molecule has 0 radical (unpaired) electrons. The van der Waals surface area contributed by atoms with Crippen LogP contribution in [0.2, 0.25) is 0 Å². The van der Waals surface area contributed by atoms with Gasteiger partial charge in [-0.05, 0) is 61.5 Å². The van der Waals surface area contributed by atoms with Crippen molar-refractivity contribution in [2.24, 2.45) is 0 Å². The fourth-order valence-electron chi connectivity index (χ4n) is 4.28. The van der Waals surface area contributed by atoms with Crippen molar-refractivity contribution in [1.29, 1.82) is 0 Å². The summed E-state index contributed by atoms with van der Waals surface area (Å²) in [6.45, 7) is 1.52. The number of benzene rings is 4. The monoisotopic (exact) mass is 571 g/mol. The van der Waals surface area contributed by atoms with Crippen molar-refractivity contribution in [1.82, 2.24) is 0 Å². The van der Waals surface area contributed by atoms with Crippen LogP contribution >= 0.6 is 0 Å². The Kier molecular flexibility index (Phi) is 8.24. The Hall–Kier alpha value is -4.25. The van der Waals surface area contributed by atoms with Gasteiger partial charge in [-0.25, -0.2) is 8.42 Å². The maximum Gasteiger partial charge on any atom is 0.416 e. The summed E-state index contributed by atoms with van der Waals surface area (Å²) in [4.78, 5) is 14.8. The molecule has 1 N–H and O–H groups in total. The number of amides is 1. The standard InChI is InChI=1S/C29H28F3N3O4S/c1-4-39-23-16-14-21(15-17-23)33-28(36)19-35(22-9-5-8-20(18-22)29(30,31)32)40(37,38)27-13-7-10-24-25(27)11-6-12-26(24)34(2)3/h5-18H,4,19H2,1-3H3,(H,33,36). The quantitative estimate of drug-likeness (QED) is 0.261. The van der Waals surface area contributed by atoms with Gasteiger partial charge in [0, 0.05) is 36.2 Å². The van der Waals surface area contributed by atoms with Crippen molar-refractivity contribution in [2.45, 2.75) is 18.0 Å². The van der Waals surface area contributed by atoms with Gasteiger partial charge in [0.25, 0.3) is 10.0 Å². The number of anilines is 3. The van der Waals surface area contributed by atoms with E-state index in [-0.39, 0.29) is 10.6 Å². The molecule has 0 unspecified atom stereocenters. The molecular weight excluding hydrogens is 543 g/mol. The topological polar surface area (TPSA) is 79.0 Å². The van der Waals surface area contributed by atoms with E-state index in [4.69, 9.17) is 4.74 Å². The molecule has 0 bridgehead atoms. The number of hydrogen-bond acceptors (Lipinski definition) is 5. The maximum atomic E-state index is 14.1. The lowest BCUT2D eigenvalue weighted by Crippen LogP contribution is -2.38.